The second-order valence-corrected chi connectivity index (χ2v) is 5.43. The van der Waals surface area contributed by atoms with Crippen LogP contribution in [0.25, 0.3) is 0 Å². The minimum absolute atomic E-state index is 0.0697. The van der Waals surface area contributed by atoms with Crippen LogP contribution in [0.5, 0.6) is 0 Å². The Labute approximate surface area is 126 Å². The number of alkyl halides is 3. The first-order chi connectivity index (χ1) is 10.3. The largest absolute Gasteiger partial charge is 0.466 e. The van der Waals surface area contributed by atoms with Crippen LogP contribution in [0.4, 0.5) is 13.2 Å². The lowest BCUT2D eigenvalue weighted by molar-refractivity contribution is -0.179. The van der Waals surface area contributed by atoms with Crippen molar-refractivity contribution in [3.63, 3.8) is 0 Å². The van der Waals surface area contributed by atoms with Gasteiger partial charge in [0.15, 0.2) is 0 Å². The van der Waals surface area contributed by atoms with Crippen molar-refractivity contribution in [2.75, 3.05) is 7.11 Å². The predicted octanol–water partition coefficient (Wildman–Crippen LogP) is 2.46. The highest BCUT2D eigenvalue weighted by Crippen LogP contribution is 2.36. The van der Waals surface area contributed by atoms with Gasteiger partial charge in [0.1, 0.15) is 0 Å². The van der Waals surface area contributed by atoms with Gasteiger partial charge in [-0.05, 0) is 30.5 Å². The van der Waals surface area contributed by atoms with Crippen LogP contribution in [0.2, 0.25) is 0 Å². The monoisotopic (exact) mass is 317 g/mol. The number of aliphatic hydroxyl groups is 1. The number of carbonyl (C=O) groups is 1. The summed E-state index contributed by atoms with van der Waals surface area (Å²) in [5, 5.41) is 13.2. The molecular formula is C15H18F3NO3. The third-order valence-electron chi connectivity index (χ3n) is 4.04. The summed E-state index contributed by atoms with van der Waals surface area (Å²) in [6, 6.07) is 4.57. The highest BCUT2D eigenvalue weighted by Gasteiger charge is 2.47. The molecule has 1 aliphatic rings. The number of rotatable bonds is 5. The fourth-order valence-corrected chi connectivity index (χ4v) is 2.41. The Morgan fingerprint density at radius 2 is 1.91 bits per heavy atom. The van der Waals surface area contributed by atoms with Crippen LogP contribution >= 0.6 is 0 Å². The minimum atomic E-state index is -4.38. The number of nitrogens with one attached hydrogen (secondary N) is 1. The van der Waals surface area contributed by atoms with Gasteiger partial charge in [-0.15, -0.1) is 0 Å². The van der Waals surface area contributed by atoms with Crippen molar-refractivity contribution in [3.05, 3.63) is 35.4 Å². The molecule has 1 saturated carbocycles. The number of hydrogen-bond donors (Lipinski definition) is 2. The summed E-state index contributed by atoms with van der Waals surface area (Å²) in [5.74, 6) is -1.02. The summed E-state index contributed by atoms with van der Waals surface area (Å²) in [4.78, 5) is 11.8. The smallest absolute Gasteiger partial charge is 0.416 e. The molecule has 0 saturated heterocycles. The van der Waals surface area contributed by atoms with Crippen LogP contribution in [0.3, 0.4) is 0 Å². The molecular weight excluding hydrogens is 299 g/mol. The number of benzene rings is 1. The number of ether oxygens (including phenoxy) is 1. The number of esters is 1. The van der Waals surface area contributed by atoms with E-state index < -0.39 is 23.4 Å². The summed E-state index contributed by atoms with van der Waals surface area (Å²) in [5.41, 5.74) is -2.00. The van der Waals surface area contributed by atoms with E-state index in [1.165, 1.54) is 19.2 Å². The van der Waals surface area contributed by atoms with E-state index in [9.17, 15) is 23.1 Å². The zero-order valence-corrected chi connectivity index (χ0v) is 12.1. The van der Waals surface area contributed by atoms with Gasteiger partial charge in [-0.2, -0.15) is 13.2 Å². The molecule has 0 aliphatic heterocycles. The van der Waals surface area contributed by atoms with Crippen LogP contribution in [-0.2, 0) is 22.3 Å². The third-order valence-corrected chi connectivity index (χ3v) is 4.04. The Bertz CT molecular complexity index is 526. The van der Waals surface area contributed by atoms with E-state index in [0.29, 0.717) is 18.4 Å². The van der Waals surface area contributed by atoms with E-state index in [-0.39, 0.29) is 12.5 Å². The van der Waals surface area contributed by atoms with Gasteiger partial charge >= 0.3 is 12.1 Å². The highest BCUT2D eigenvalue weighted by molar-refractivity contribution is 5.79. The van der Waals surface area contributed by atoms with Crippen molar-refractivity contribution < 1.29 is 27.8 Å². The Kier molecular flexibility index (Phi) is 4.77. The Morgan fingerprint density at radius 3 is 2.32 bits per heavy atom. The molecule has 1 fully saturated rings. The Morgan fingerprint density at radius 1 is 1.32 bits per heavy atom. The first-order valence-corrected chi connectivity index (χ1v) is 6.99. The molecule has 2 rings (SSSR count). The summed E-state index contributed by atoms with van der Waals surface area (Å²) >= 11 is 0. The van der Waals surface area contributed by atoms with Gasteiger partial charge in [-0.1, -0.05) is 18.6 Å². The lowest BCUT2D eigenvalue weighted by atomic mass is 9.77. The molecule has 0 radical (unpaired) electrons. The molecule has 122 valence electrons. The second kappa shape index (κ2) is 6.26. The molecule has 22 heavy (non-hydrogen) atoms. The van der Waals surface area contributed by atoms with Gasteiger partial charge in [0.25, 0.3) is 0 Å². The molecule has 0 spiro atoms. The molecule has 1 aromatic carbocycles. The van der Waals surface area contributed by atoms with Crippen LogP contribution in [0.15, 0.2) is 24.3 Å². The Balaban J connectivity index is 2.05. The van der Waals surface area contributed by atoms with Crippen molar-refractivity contribution in [2.45, 2.75) is 37.7 Å². The van der Waals surface area contributed by atoms with Gasteiger partial charge < -0.3 is 9.84 Å². The van der Waals surface area contributed by atoms with Crippen LogP contribution < -0.4 is 5.32 Å². The molecule has 1 aromatic rings. The SMILES string of the molecule is COC(=O)[C@](O)(NCc1ccc(C(F)(F)F)cc1)C1CCC1. The van der Waals surface area contributed by atoms with Crippen molar-refractivity contribution in [2.24, 2.45) is 5.92 Å². The normalized spacial score (nSPS) is 18.4. The molecule has 7 heteroatoms. The first kappa shape index (κ1) is 16.8. The van der Waals surface area contributed by atoms with Gasteiger partial charge in [0, 0.05) is 12.5 Å². The summed E-state index contributed by atoms with van der Waals surface area (Å²) in [7, 11) is 1.19. The molecule has 0 heterocycles. The van der Waals surface area contributed by atoms with E-state index in [1.807, 2.05) is 0 Å². The quantitative estimate of drug-likeness (QED) is 0.647. The average molecular weight is 317 g/mol. The van der Waals surface area contributed by atoms with Gasteiger partial charge in [-0.3, -0.25) is 5.32 Å². The van der Waals surface area contributed by atoms with Crippen molar-refractivity contribution >= 4 is 5.97 Å². The molecule has 0 bridgehead atoms. The lowest BCUT2D eigenvalue weighted by Gasteiger charge is -2.39. The molecule has 0 unspecified atom stereocenters. The van der Waals surface area contributed by atoms with E-state index in [2.05, 4.69) is 10.1 Å². The standard InChI is InChI=1S/C15H18F3NO3/c1-22-13(20)14(21,11-3-2-4-11)19-9-10-5-7-12(8-6-10)15(16,17)18/h5-8,11,19,21H,2-4,9H2,1H3/t14-/m0/s1. The van der Waals surface area contributed by atoms with Gasteiger partial charge in [-0.25, -0.2) is 4.79 Å². The van der Waals surface area contributed by atoms with Crippen molar-refractivity contribution in [3.8, 4) is 0 Å². The first-order valence-electron chi connectivity index (χ1n) is 6.99. The topological polar surface area (TPSA) is 58.6 Å². The highest BCUT2D eigenvalue weighted by atomic mass is 19.4. The second-order valence-electron chi connectivity index (χ2n) is 5.43. The fourth-order valence-electron chi connectivity index (χ4n) is 2.41. The van der Waals surface area contributed by atoms with Crippen LogP contribution in [0, 0.1) is 5.92 Å². The van der Waals surface area contributed by atoms with Gasteiger partial charge in [0.2, 0.25) is 5.72 Å². The van der Waals surface area contributed by atoms with E-state index in [4.69, 9.17) is 0 Å². The van der Waals surface area contributed by atoms with Crippen LogP contribution in [-0.4, -0.2) is 23.9 Å². The fraction of sp³-hybridized carbons (Fsp3) is 0.533. The van der Waals surface area contributed by atoms with Crippen molar-refractivity contribution in [1.29, 1.82) is 0 Å². The zero-order valence-electron chi connectivity index (χ0n) is 12.1. The molecule has 2 N–H and O–H groups in total. The Hall–Kier alpha value is -1.60. The predicted molar refractivity (Wildman–Crippen MR) is 72.6 cm³/mol. The molecule has 1 atom stereocenters. The third kappa shape index (κ3) is 3.41. The van der Waals surface area contributed by atoms with Crippen molar-refractivity contribution in [1.82, 2.24) is 5.32 Å². The minimum Gasteiger partial charge on any atom is -0.466 e. The van der Waals surface area contributed by atoms with E-state index in [0.717, 1.165) is 18.6 Å². The molecule has 1 aliphatic carbocycles. The molecule has 0 aromatic heterocycles. The number of hydrogen-bond acceptors (Lipinski definition) is 4. The number of carbonyl (C=O) groups excluding carboxylic acids is 1. The summed E-state index contributed by atoms with van der Waals surface area (Å²) in [6.07, 6.45) is -2.06. The zero-order chi connectivity index (χ0) is 16.4. The summed E-state index contributed by atoms with van der Waals surface area (Å²) in [6.45, 7) is 0.0697. The average Bonchev–Trinajstić information content (AvgIpc) is 2.41. The van der Waals surface area contributed by atoms with Gasteiger partial charge in [0.05, 0.1) is 12.7 Å². The number of methoxy groups -OCH3 is 1. The van der Waals surface area contributed by atoms with Crippen LogP contribution in [0.1, 0.15) is 30.4 Å². The maximum atomic E-state index is 12.5. The maximum absolute atomic E-state index is 12.5. The maximum Gasteiger partial charge on any atom is 0.416 e. The summed E-state index contributed by atoms with van der Waals surface area (Å²) < 4.78 is 42.1. The molecule has 4 nitrogen and oxygen atoms in total. The number of halogens is 3. The lowest BCUT2D eigenvalue weighted by Crippen LogP contribution is -2.59. The van der Waals surface area contributed by atoms with E-state index in [1.54, 1.807) is 0 Å². The molecule has 0 amide bonds. The van der Waals surface area contributed by atoms with E-state index >= 15 is 0 Å².